The summed E-state index contributed by atoms with van der Waals surface area (Å²) in [7, 11) is 0. The van der Waals surface area contributed by atoms with Crippen molar-refractivity contribution in [2.24, 2.45) is 17.8 Å². The van der Waals surface area contributed by atoms with Crippen molar-refractivity contribution in [1.82, 2.24) is 4.98 Å². The first-order chi connectivity index (χ1) is 12.6. The van der Waals surface area contributed by atoms with Crippen LogP contribution in [0.2, 0.25) is 0 Å². The van der Waals surface area contributed by atoms with Gasteiger partial charge in [0.05, 0.1) is 5.92 Å². The van der Waals surface area contributed by atoms with E-state index in [9.17, 15) is 9.59 Å². The van der Waals surface area contributed by atoms with Crippen molar-refractivity contribution in [3.05, 3.63) is 41.8 Å². The van der Waals surface area contributed by atoms with E-state index >= 15 is 0 Å². The smallest absolute Gasteiger partial charge is 0.309 e. The van der Waals surface area contributed by atoms with Gasteiger partial charge in [0, 0.05) is 17.4 Å². The van der Waals surface area contributed by atoms with Crippen molar-refractivity contribution >= 4 is 11.8 Å². The van der Waals surface area contributed by atoms with Gasteiger partial charge < -0.3 is 9.15 Å². The lowest BCUT2D eigenvalue weighted by molar-refractivity contribution is -0.154. The molecule has 136 valence electrons. The van der Waals surface area contributed by atoms with E-state index in [0.717, 1.165) is 24.8 Å². The molecule has 1 aromatic heterocycles. The lowest BCUT2D eigenvalue weighted by Gasteiger charge is -2.36. The number of carbonyl (C=O) groups excluding carboxylic acids is 2. The van der Waals surface area contributed by atoms with Gasteiger partial charge in [0.15, 0.2) is 0 Å². The number of hydrogen-bond acceptors (Lipinski definition) is 5. The van der Waals surface area contributed by atoms with Crippen LogP contribution in [0.3, 0.4) is 0 Å². The highest BCUT2D eigenvalue weighted by molar-refractivity contribution is 5.87. The van der Waals surface area contributed by atoms with Crippen LogP contribution in [-0.4, -0.2) is 16.7 Å². The summed E-state index contributed by atoms with van der Waals surface area (Å²) in [6, 6.07) is 9.65. The molecule has 0 radical (unpaired) electrons. The molecule has 2 atom stereocenters. The number of carbonyl (C=O) groups is 2. The zero-order chi connectivity index (χ0) is 18.1. The fraction of sp³-hybridized carbons (Fsp3) is 0.476. The molecule has 5 heteroatoms. The van der Waals surface area contributed by atoms with Gasteiger partial charge in [0.2, 0.25) is 5.89 Å². The van der Waals surface area contributed by atoms with Gasteiger partial charge in [0.1, 0.15) is 23.8 Å². The lowest BCUT2D eigenvalue weighted by Crippen LogP contribution is -2.39. The van der Waals surface area contributed by atoms with Crippen molar-refractivity contribution < 1.29 is 18.7 Å². The largest absolute Gasteiger partial charge is 0.459 e. The third kappa shape index (κ3) is 3.30. The minimum absolute atomic E-state index is 0.0542. The molecule has 1 aromatic carbocycles. The topological polar surface area (TPSA) is 69.4 Å². The molecular weight excluding hydrogens is 330 g/mol. The minimum Gasteiger partial charge on any atom is -0.459 e. The van der Waals surface area contributed by atoms with Crippen molar-refractivity contribution in [2.45, 2.75) is 45.6 Å². The van der Waals surface area contributed by atoms with Gasteiger partial charge in [-0.3, -0.25) is 9.59 Å². The summed E-state index contributed by atoms with van der Waals surface area (Å²) in [5.41, 5.74) is 1.54. The summed E-state index contributed by atoms with van der Waals surface area (Å²) >= 11 is 0. The average Bonchev–Trinajstić information content (AvgIpc) is 3.01. The number of fused-ring (bicyclic) bond motifs is 2. The lowest BCUT2D eigenvalue weighted by atomic mass is 9.67. The van der Waals surface area contributed by atoms with Crippen molar-refractivity contribution in [3.8, 4) is 11.5 Å². The molecule has 2 aromatic rings. The van der Waals surface area contributed by atoms with Crippen LogP contribution >= 0.6 is 0 Å². The van der Waals surface area contributed by atoms with E-state index in [0.29, 0.717) is 36.0 Å². The summed E-state index contributed by atoms with van der Waals surface area (Å²) in [4.78, 5) is 29.1. The molecule has 2 fully saturated rings. The fourth-order valence-corrected chi connectivity index (χ4v) is 4.20. The maximum atomic E-state index is 12.5. The van der Waals surface area contributed by atoms with E-state index in [1.165, 1.54) is 0 Å². The van der Waals surface area contributed by atoms with E-state index in [2.05, 4.69) is 4.98 Å². The number of ketones is 1. The summed E-state index contributed by atoms with van der Waals surface area (Å²) < 4.78 is 11.2. The molecule has 0 saturated heterocycles. The third-order valence-electron chi connectivity index (χ3n) is 5.65. The SMILES string of the molecule is Cc1oc(-c2ccccc2)nc1COC(=O)C1CC2CCCC(C1)C2=O. The molecule has 0 aliphatic heterocycles. The predicted molar refractivity (Wildman–Crippen MR) is 95.0 cm³/mol. The first-order valence-electron chi connectivity index (χ1n) is 9.34. The van der Waals surface area contributed by atoms with Crippen LogP contribution in [0.15, 0.2) is 34.7 Å². The number of oxazole rings is 1. The molecular formula is C21H23NO4. The second-order valence-electron chi connectivity index (χ2n) is 7.39. The Kier molecular flexibility index (Phi) is 4.62. The molecule has 2 aliphatic carbocycles. The molecule has 1 heterocycles. The molecule has 4 rings (SSSR count). The number of esters is 1. The van der Waals surface area contributed by atoms with E-state index in [1.807, 2.05) is 37.3 Å². The Morgan fingerprint density at radius 1 is 1.19 bits per heavy atom. The number of aromatic nitrogens is 1. The van der Waals surface area contributed by atoms with Gasteiger partial charge in [0.25, 0.3) is 0 Å². The second-order valence-corrected chi connectivity index (χ2v) is 7.39. The second kappa shape index (κ2) is 7.06. The molecule has 2 aliphatic rings. The van der Waals surface area contributed by atoms with Crippen LogP contribution in [0.1, 0.15) is 43.6 Å². The Morgan fingerprint density at radius 2 is 1.88 bits per heavy atom. The molecule has 0 spiro atoms. The van der Waals surface area contributed by atoms with E-state index in [4.69, 9.17) is 9.15 Å². The molecule has 5 nitrogen and oxygen atoms in total. The maximum absolute atomic E-state index is 12.5. The normalized spacial score (nSPS) is 25.1. The number of Topliss-reactive ketones (excluding diaryl/α,β-unsaturated/α-hetero) is 1. The number of rotatable bonds is 4. The Hall–Kier alpha value is -2.43. The number of nitrogens with zero attached hydrogens (tertiary/aromatic N) is 1. The highest BCUT2D eigenvalue weighted by Gasteiger charge is 2.41. The van der Waals surface area contributed by atoms with E-state index < -0.39 is 0 Å². The van der Waals surface area contributed by atoms with Crippen LogP contribution < -0.4 is 0 Å². The quantitative estimate of drug-likeness (QED) is 0.774. The Morgan fingerprint density at radius 3 is 2.58 bits per heavy atom. The summed E-state index contributed by atoms with van der Waals surface area (Å²) in [6.07, 6.45) is 4.22. The highest BCUT2D eigenvalue weighted by Crippen LogP contribution is 2.40. The van der Waals surface area contributed by atoms with Gasteiger partial charge in [-0.2, -0.15) is 0 Å². The Balaban J connectivity index is 1.39. The molecule has 2 bridgehead atoms. The van der Waals surface area contributed by atoms with E-state index in [1.54, 1.807) is 0 Å². The van der Waals surface area contributed by atoms with Crippen LogP contribution in [-0.2, 0) is 20.9 Å². The zero-order valence-corrected chi connectivity index (χ0v) is 14.9. The zero-order valence-electron chi connectivity index (χ0n) is 14.9. The molecule has 0 amide bonds. The van der Waals surface area contributed by atoms with Gasteiger partial charge in [-0.25, -0.2) is 4.98 Å². The van der Waals surface area contributed by atoms with E-state index in [-0.39, 0.29) is 30.3 Å². The van der Waals surface area contributed by atoms with Gasteiger partial charge >= 0.3 is 5.97 Å². The maximum Gasteiger partial charge on any atom is 0.309 e. The Bertz CT molecular complexity index is 795. The predicted octanol–water partition coefficient (Wildman–Crippen LogP) is 4.09. The van der Waals surface area contributed by atoms with Crippen molar-refractivity contribution in [2.75, 3.05) is 0 Å². The first-order valence-corrected chi connectivity index (χ1v) is 9.34. The van der Waals surface area contributed by atoms with Crippen LogP contribution in [0.5, 0.6) is 0 Å². The number of aryl methyl sites for hydroxylation is 1. The number of ether oxygens (including phenoxy) is 1. The minimum atomic E-state index is -0.210. The molecule has 2 saturated carbocycles. The summed E-state index contributed by atoms with van der Waals surface area (Å²) in [6.45, 7) is 1.94. The third-order valence-corrected chi connectivity index (χ3v) is 5.65. The van der Waals surface area contributed by atoms with Gasteiger partial charge in [-0.1, -0.05) is 24.6 Å². The highest BCUT2D eigenvalue weighted by atomic mass is 16.5. The molecule has 0 N–H and O–H groups in total. The van der Waals surface area contributed by atoms with Gasteiger partial charge in [-0.05, 0) is 44.7 Å². The standard InChI is InChI=1S/C21H23NO4/c1-13-18(22-20(26-13)14-6-3-2-4-7-14)12-25-21(24)17-10-15-8-5-9-16(11-17)19(15)23/h2-4,6-7,15-17H,5,8-12H2,1H3. The molecule has 26 heavy (non-hydrogen) atoms. The first kappa shape index (κ1) is 17.0. The molecule has 2 unspecified atom stereocenters. The fourth-order valence-electron chi connectivity index (χ4n) is 4.20. The van der Waals surface area contributed by atoms with Crippen molar-refractivity contribution in [3.63, 3.8) is 0 Å². The average molecular weight is 353 g/mol. The monoisotopic (exact) mass is 353 g/mol. The summed E-state index contributed by atoms with van der Waals surface area (Å²) in [5.74, 6) is 1.29. The summed E-state index contributed by atoms with van der Waals surface area (Å²) in [5, 5.41) is 0. The van der Waals surface area contributed by atoms with Crippen LogP contribution in [0.4, 0.5) is 0 Å². The Labute approximate surface area is 152 Å². The number of benzene rings is 1. The number of hydrogen-bond donors (Lipinski definition) is 0. The van der Waals surface area contributed by atoms with Gasteiger partial charge in [-0.15, -0.1) is 0 Å². The van der Waals surface area contributed by atoms with Crippen LogP contribution in [0, 0.1) is 24.7 Å². The van der Waals surface area contributed by atoms with Crippen LogP contribution in [0.25, 0.3) is 11.5 Å². The van der Waals surface area contributed by atoms with Crippen molar-refractivity contribution in [1.29, 1.82) is 0 Å².